The molecule has 0 aromatic heterocycles. The first kappa shape index (κ1) is 14.5. The Morgan fingerprint density at radius 1 is 1.32 bits per heavy atom. The van der Waals surface area contributed by atoms with Crippen LogP contribution in [0.15, 0.2) is 24.3 Å². The van der Waals surface area contributed by atoms with Crippen LogP contribution in [0.4, 0.5) is 0 Å². The van der Waals surface area contributed by atoms with Crippen LogP contribution in [0.25, 0.3) is 0 Å². The number of nitrogens with one attached hydrogen (secondary N) is 1. The zero-order chi connectivity index (χ0) is 13.9. The number of hydrogen-bond acceptors (Lipinski definition) is 3. The molecule has 1 aromatic carbocycles. The molecular formula is C15H23NO2S. The maximum atomic E-state index is 11.4. The number of rotatable bonds is 5. The Morgan fingerprint density at radius 2 is 2.00 bits per heavy atom. The van der Waals surface area contributed by atoms with Crippen LogP contribution in [0.2, 0.25) is 0 Å². The predicted octanol–water partition coefficient (Wildman–Crippen LogP) is 2.48. The van der Waals surface area contributed by atoms with E-state index in [9.17, 15) is 8.42 Å². The minimum atomic E-state index is -2.80. The van der Waals surface area contributed by atoms with Gasteiger partial charge in [-0.25, -0.2) is 8.42 Å². The molecule has 1 aromatic rings. The molecule has 0 aliphatic carbocycles. The molecule has 0 bridgehead atoms. The Bertz CT molecular complexity index is 507. The highest BCUT2D eigenvalue weighted by atomic mass is 32.2. The van der Waals surface area contributed by atoms with E-state index in [2.05, 4.69) is 43.4 Å². The van der Waals surface area contributed by atoms with Crippen LogP contribution in [-0.2, 0) is 16.3 Å². The molecule has 1 fully saturated rings. The molecule has 0 saturated carbocycles. The van der Waals surface area contributed by atoms with Gasteiger partial charge in [0.2, 0.25) is 0 Å². The summed E-state index contributed by atoms with van der Waals surface area (Å²) in [6.07, 6.45) is 3.01. The molecule has 1 aliphatic heterocycles. The zero-order valence-electron chi connectivity index (χ0n) is 11.7. The summed E-state index contributed by atoms with van der Waals surface area (Å²) in [4.78, 5) is 0. The topological polar surface area (TPSA) is 46.2 Å². The lowest BCUT2D eigenvalue weighted by atomic mass is 10.0. The molecule has 4 heteroatoms. The Kier molecular flexibility index (Phi) is 4.63. The number of benzene rings is 1. The van der Waals surface area contributed by atoms with Gasteiger partial charge in [0, 0.05) is 12.1 Å². The molecule has 2 unspecified atom stereocenters. The smallest absolute Gasteiger partial charge is 0.151 e. The fourth-order valence-electron chi connectivity index (χ4n) is 2.64. The average Bonchev–Trinajstić information content (AvgIpc) is 2.70. The SMILES string of the molecule is CCCc1ccc(C(C)NC2CCS(=O)(=O)C2)cc1. The number of aryl methyl sites for hydroxylation is 1. The van der Waals surface area contributed by atoms with Gasteiger partial charge in [0.05, 0.1) is 11.5 Å². The second-order valence-corrected chi connectivity index (χ2v) is 7.71. The van der Waals surface area contributed by atoms with Gasteiger partial charge in [0.25, 0.3) is 0 Å². The van der Waals surface area contributed by atoms with E-state index in [4.69, 9.17) is 0 Å². The molecule has 19 heavy (non-hydrogen) atoms. The lowest BCUT2D eigenvalue weighted by Crippen LogP contribution is -2.32. The van der Waals surface area contributed by atoms with E-state index < -0.39 is 9.84 Å². The molecule has 3 nitrogen and oxygen atoms in total. The van der Waals surface area contributed by atoms with Crippen molar-refractivity contribution in [1.29, 1.82) is 0 Å². The van der Waals surface area contributed by atoms with Gasteiger partial charge in [-0.3, -0.25) is 0 Å². The van der Waals surface area contributed by atoms with Crippen LogP contribution >= 0.6 is 0 Å². The lowest BCUT2D eigenvalue weighted by Gasteiger charge is -2.19. The first-order valence-corrected chi connectivity index (χ1v) is 8.87. The second-order valence-electron chi connectivity index (χ2n) is 5.48. The van der Waals surface area contributed by atoms with E-state index in [1.54, 1.807) is 0 Å². The molecule has 1 N–H and O–H groups in total. The minimum absolute atomic E-state index is 0.107. The quantitative estimate of drug-likeness (QED) is 0.902. The van der Waals surface area contributed by atoms with Gasteiger partial charge in [-0.1, -0.05) is 37.6 Å². The first-order valence-electron chi connectivity index (χ1n) is 7.05. The van der Waals surface area contributed by atoms with Crippen molar-refractivity contribution in [2.75, 3.05) is 11.5 Å². The highest BCUT2D eigenvalue weighted by molar-refractivity contribution is 7.91. The van der Waals surface area contributed by atoms with E-state index in [-0.39, 0.29) is 17.8 Å². The van der Waals surface area contributed by atoms with Gasteiger partial charge in [-0.15, -0.1) is 0 Å². The molecule has 0 radical (unpaired) electrons. The molecule has 0 amide bonds. The monoisotopic (exact) mass is 281 g/mol. The van der Waals surface area contributed by atoms with Crippen LogP contribution in [0.3, 0.4) is 0 Å². The van der Waals surface area contributed by atoms with Crippen molar-refractivity contribution in [2.45, 2.75) is 45.2 Å². The fraction of sp³-hybridized carbons (Fsp3) is 0.600. The van der Waals surface area contributed by atoms with Crippen molar-refractivity contribution in [1.82, 2.24) is 5.32 Å². The standard InChI is InChI=1S/C15H23NO2S/c1-3-4-13-5-7-14(8-6-13)12(2)16-15-9-10-19(17,18)11-15/h5-8,12,15-16H,3-4,9-11H2,1-2H3. The first-order chi connectivity index (χ1) is 9.00. The summed E-state index contributed by atoms with van der Waals surface area (Å²) in [6, 6.07) is 8.94. The Balaban J connectivity index is 1.94. The summed E-state index contributed by atoms with van der Waals surface area (Å²) >= 11 is 0. The molecule has 0 spiro atoms. The van der Waals surface area contributed by atoms with Crippen molar-refractivity contribution < 1.29 is 8.42 Å². The third kappa shape index (κ3) is 4.05. The third-order valence-electron chi connectivity index (χ3n) is 3.74. The fourth-order valence-corrected chi connectivity index (χ4v) is 4.32. The van der Waals surface area contributed by atoms with Crippen molar-refractivity contribution in [3.8, 4) is 0 Å². The van der Waals surface area contributed by atoms with E-state index in [0.29, 0.717) is 5.75 Å². The summed E-state index contributed by atoms with van der Waals surface area (Å²) < 4.78 is 22.9. The van der Waals surface area contributed by atoms with Gasteiger partial charge in [0.1, 0.15) is 0 Å². The third-order valence-corrected chi connectivity index (χ3v) is 5.50. The summed E-state index contributed by atoms with van der Waals surface area (Å²) in [7, 11) is -2.80. The molecule has 1 heterocycles. The summed E-state index contributed by atoms with van der Waals surface area (Å²) in [6.45, 7) is 4.28. The second kappa shape index (κ2) is 6.06. The van der Waals surface area contributed by atoms with Crippen LogP contribution in [0.1, 0.15) is 43.9 Å². The van der Waals surface area contributed by atoms with Crippen LogP contribution in [-0.4, -0.2) is 26.0 Å². The maximum absolute atomic E-state index is 11.4. The predicted molar refractivity (Wildman–Crippen MR) is 79.0 cm³/mol. The summed E-state index contributed by atoms with van der Waals surface area (Å²) in [5.41, 5.74) is 2.59. The minimum Gasteiger partial charge on any atom is -0.306 e. The summed E-state index contributed by atoms with van der Waals surface area (Å²) in [5, 5.41) is 3.42. The molecular weight excluding hydrogens is 258 g/mol. The van der Waals surface area contributed by atoms with Crippen molar-refractivity contribution in [3.63, 3.8) is 0 Å². The maximum Gasteiger partial charge on any atom is 0.151 e. The van der Waals surface area contributed by atoms with Crippen LogP contribution < -0.4 is 5.32 Å². The highest BCUT2D eigenvalue weighted by Crippen LogP contribution is 2.19. The van der Waals surface area contributed by atoms with Crippen molar-refractivity contribution >= 4 is 9.84 Å². The van der Waals surface area contributed by atoms with Crippen molar-refractivity contribution in [2.24, 2.45) is 0 Å². The van der Waals surface area contributed by atoms with E-state index in [1.807, 2.05) is 0 Å². The van der Waals surface area contributed by atoms with Crippen LogP contribution in [0, 0.1) is 0 Å². The Hall–Kier alpha value is -0.870. The van der Waals surface area contributed by atoms with E-state index >= 15 is 0 Å². The average molecular weight is 281 g/mol. The lowest BCUT2D eigenvalue weighted by molar-refractivity contribution is 0.485. The molecule has 1 saturated heterocycles. The highest BCUT2D eigenvalue weighted by Gasteiger charge is 2.28. The zero-order valence-corrected chi connectivity index (χ0v) is 12.5. The number of sulfone groups is 1. The molecule has 106 valence electrons. The number of hydrogen-bond donors (Lipinski definition) is 1. The summed E-state index contributed by atoms with van der Waals surface area (Å²) in [5.74, 6) is 0.609. The Labute approximate surface area is 116 Å². The van der Waals surface area contributed by atoms with Crippen LogP contribution in [0.5, 0.6) is 0 Å². The largest absolute Gasteiger partial charge is 0.306 e. The van der Waals surface area contributed by atoms with Gasteiger partial charge < -0.3 is 5.32 Å². The van der Waals surface area contributed by atoms with Gasteiger partial charge in [-0.05, 0) is 30.9 Å². The van der Waals surface area contributed by atoms with E-state index in [1.165, 1.54) is 11.1 Å². The van der Waals surface area contributed by atoms with Gasteiger partial charge in [-0.2, -0.15) is 0 Å². The molecule has 2 atom stereocenters. The molecule has 1 aliphatic rings. The van der Waals surface area contributed by atoms with Gasteiger partial charge in [0.15, 0.2) is 9.84 Å². The van der Waals surface area contributed by atoms with Crippen molar-refractivity contribution in [3.05, 3.63) is 35.4 Å². The Morgan fingerprint density at radius 3 is 2.53 bits per heavy atom. The van der Waals surface area contributed by atoms with E-state index in [0.717, 1.165) is 19.3 Å². The molecule has 2 rings (SSSR count). The normalized spacial score (nSPS) is 23.4. The van der Waals surface area contributed by atoms with Gasteiger partial charge >= 0.3 is 0 Å².